The van der Waals surface area contributed by atoms with Gasteiger partial charge in [0.15, 0.2) is 0 Å². The lowest BCUT2D eigenvalue weighted by atomic mass is 10.0. The summed E-state index contributed by atoms with van der Waals surface area (Å²) in [6.45, 7) is -0.327. The minimum Gasteiger partial charge on any atom is -0.395 e. The van der Waals surface area contributed by atoms with Gasteiger partial charge in [-0.3, -0.25) is 0 Å². The van der Waals surface area contributed by atoms with Crippen LogP contribution in [0.15, 0.2) is 30.3 Å². The summed E-state index contributed by atoms with van der Waals surface area (Å²) < 4.78 is 0. The van der Waals surface area contributed by atoms with Gasteiger partial charge >= 0.3 is 0 Å². The second kappa shape index (κ2) is 4.94. The summed E-state index contributed by atoms with van der Waals surface area (Å²) in [4.78, 5) is 0. The van der Waals surface area contributed by atoms with Crippen LogP contribution in [0.3, 0.4) is 0 Å². The quantitative estimate of drug-likeness (QED) is 0.498. The predicted octanol–water partition coefficient (Wildman–Crippen LogP) is 0.0597. The number of rotatable bonds is 4. The number of benzene rings is 1. The Morgan fingerprint density at radius 3 is 2.31 bits per heavy atom. The van der Waals surface area contributed by atoms with Gasteiger partial charge in [0.2, 0.25) is 0 Å². The zero-order chi connectivity index (χ0) is 9.68. The Hall–Kier alpha value is -0.940. The Morgan fingerprint density at radius 2 is 1.85 bits per heavy atom. The Morgan fingerprint density at radius 1 is 1.23 bits per heavy atom. The van der Waals surface area contributed by atoms with Crippen molar-refractivity contribution >= 4 is 0 Å². The van der Waals surface area contributed by atoms with Gasteiger partial charge in [-0.25, -0.2) is 0 Å². The van der Waals surface area contributed by atoms with Gasteiger partial charge in [0, 0.05) is 0 Å². The molecule has 2 atom stereocenters. The topological polar surface area (TPSA) is 72.7 Å². The Balaban J connectivity index is 2.72. The molecule has 72 valence electrons. The van der Waals surface area contributed by atoms with Gasteiger partial charge in [-0.15, -0.1) is 0 Å². The Kier molecular flexibility index (Phi) is 3.85. The van der Waals surface area contributed by atoms with Gasteiger partial charge in [0.25, 0.3) is 0 Å². The molecule has 4 N–H and O–H groups in total. The van der Waals surface area contributed by atoms with Crippen LogP contribution < -0.4 is 5.48 Å². The number of hydrogen-bond acceptors (Lipinski definition) is 4. The molecule has 0 spiro atoms. The number of nitrogens with one attached hydrogen (secondary N) is 1. The van der Waals surface area contributed by atoms with Crippen LogP contribution in [0.5, 0.6) is 0 Å². The average Bonchev–Trinajstić information content (AvgIpc) is 2.21. The molecule has 1 rings (SSSR count). The van der Waals surface area contributed by atoms with E-state index in [-0.39, 0.29) is 6.61 Å². The molecule has 0 amide bonds. The summed E-state index contributed by atoms with van der Waals surface area (Å²) in [6.07, 6.45) is -0.906. The first-order chi connectivity index (χ1) is 6.29. The van der Waals surface area contributed by atoms with Crippen LogP contribution in [0.1, 0.15) is 11.7 Å². The van der Waals surface area contributed by atoms with Crippen molar-refractivity contribution in [1.82, 2.24) is 5.48 Å². The molecule has 0 saturated carbocycles. The molecule has 0 aliphatic heterocycles. The minimum atomic E-state index is -0.906. The van der Waals surface area contributed by atoms with Crippen molar-refractivity contribution in [3.8, 4) is 0 Å². The largest absolute Gasteiger partial charge is 0.395 e. The minimum absolute atomic E-state index is 0.327. The number of hydroxylamine groups is 1. The first-order valence-electron chi connectivity index (χ1n) is 4.03. The van der Waals surface area contributed by atoms with Crippen molar-refractivity contribution < 1.29 is 15.4 Å². The second-order valence-electron chi connectivity index (χ2n) is 2.77. The van der Waals surface area contributed by atoms with Crippen molar-refractivity contribution in [2.45, 2.75) is 12.1 Å². The van der Waals surface area contributed by atoms with Crippen LogP contribution in [-0.2, 0) is 0 Å². The molecule has 0 aliphatic carbocycles. The van der Waals surface area contributed by atoms with Crippen LogP contribution in [0.2, 0.25) is 0 Å². The molecule has 0 aromatic heterocycles. The first kappa shape index (κ1) is 10.1. The highest BCUT2D eigenvalue weighted by atomic mass is 16.5. The van der Waals surface area contributed by atoms with E-state index in [1.165, 1.54) is 0 Å². The van der Waals surface area contributed by atoms with E-state index in [1.54, 1.807) is 24.3 Å². The molecule has 0 fully saturated rings. The monoisotopic (exact) mass is 183 g/mol. The van der Waals surface area contributed by atoms with Crippen LogP contribution in [0.25, 0.3) is 0 Å². The zero-order valence-electron chi connectivity index (χ0n) is 7.09. The predicted molar refractivity (Wildman–Crippen MR) is 47.2 cm³/mol. The molecule has 0 radical (unpaired) electrons. The zero-order valence-corrected chi connectivity index (χ0v) is 7.09. The summed E-state index contributed by atoms with van der Waals surface area (Å²) in [7, 11) is 0. The molecule has 0 bridgehead atoms. The number of aliphatic hydroxyl groups excluding tert-OH is 2. The summed E-state index contributed by atoms with van der Waals surface area (Å²) in [5.74, 6) is 0. The molecule has 13 heavy (non-hydrogen) atoms. The normalized spacial score (nSPS) is 15.3. The van der Waals surface area contributed by atoms with Crippen LogP contribution in [0.4, 0.5) is 0 Å². The van der Waals surface area contributed by atoms with E-state index in [9.17, 15) is 5.11 Å². The summed E-state index contributed by atoms with van der Waals surface area (Å²) in [6, 6.07) is 8.10. The van der Waals surface area contributed by atoms with Crippen LogP contribution in [0, 0.1) is 0 Å². The van der Waals surface area contributed by atoms with Crippen molar-refractivity contribution in [1.29, 1.82) is 0 Å². The van der Waals surface area contributed by atoms with Crippen molar-refractivity contribution in [2.24, 2.45) is 0 Å². The maximum absolute atomic E-state index is 9.60. The molecule has 0 unspecified atom stereocenters. The van der Waals surface area contributed by atoms with Gasteiger partial charge in [-0.2, -0.15) is 5.48 Å². The molecule has 4 heteroatoms. The molecule has 0 aliphatic rings. The van der Waals surface area contributed by atoms with Gasteiger partial charge < -0.3 is 15.4 Å². The molecule has 1 aromatic carbocycles. The SMILES string of the molecule is OC[C@@H](NO)[C@@H](O)c1ccccc1. The van der Waals surface area contributed by atoms with E-state index in [4.69, 9.17) is 10.3 Å². The van der Waals surface area contributed by atoms with Gasteiger partial charge in [0.05, 0.1) is 18.8 Å². The Bertz CT molecular complexity index is 236. The average molecular weight is 183 g/mol. The molecule has 0 saturated heterocycles. The van der Waals surface area contributed by atoms with E-state index >= 15 is 0 Å². The van der Waals surface area contributed by atoms with Gasteiger partial charge in [0.1, 0.15) is 0 Å². The fraction of sp³-hybridized carbons (Fsp3) is 0.333. The smallest absolute Gasteiger partial charge is 0.0988 e. The fourth-order valence-electron chi connectivity index (χ4n) is 1.09. The highest BCUT2D eigenvalue weighted by molar-refractivity contribution is 5.18. The van der Waals surface area contributed by atoms with E-state index < -0.39 is 12.1 Å². The molecule has 4 nitrogen and oxygen atoms in total. The molecule has 1 aromatic rings. The third kappa shape index (κ3) is 2.50. The second-order valence-corrected chi connectivity index (χ2v) is 2.77. The third-order valence-electron chi connectivity index (χ3n) is 1.88. The molecular weight excluding hydrogens is 170 g/mol. The molecular formula is C9H13NO3. The van der Waals surface area contributed by atoms with E-state index in [1.807, 2.05) is 11.5 Å². The number of hydrogen-bond donors (Lipinski definition) is 4. The maximum Gasteiger partial charge on any atom is 0.0988 e. The van der Waals surface area contributed by atoms with Crippen LogP contribution in [-0.4, -0.2) is 28.1 Å². The molecule has 0 heterocycles. The summed E-state index contributed by atoms with van der Waals surface area (Å²) >= 11 is 0. The van der Waals surface area contributed by atoms with Crippen molar-refractivity contribution in [3.05, 3.63) is 35.9 Å². The lowest BCUT2D eigenvalue weighted by Gasteiger charge is -2.19. The number of aliphatic hydroxyl groups is 2. The highest BCUT2D eigenvalue weighted by Gasteiger charge is 2.18. The van der Waals surface area contributed by atoms with Crippen molar-refractivity contribution in [3.63, 3.8) is 0 Å². The fourth-order valence-corrected chi connectivity index (χ4v) is 1.09. The first-order valence-corrected chi connectivity index (χ1v) is 4.03. The highest BCUT2D eigenvalue weighted by Crippen LogP contribution is 2.15. The lowest BCUT2D eigenvalue weighted by molar-refractivity contribution is 0.0121. The van der Waals surface area contributed by atoms with Gasteiger partial charge in [-0.05, 0) is 5.56 Å². The third-order valence-corrected chi connectivity index (χ3v) is 1.88. The van der Waals surface area contributed by atoms with Gasteiger partial charge in [-0.1, -0.05) is 30.3 Å². The van der Waals surface area contributed by atoms with Crippen LogP contribution >= 0.6 is 0 Å². The Labute approximate surface area is 76.4 Å². The maximum atomic E-state index is 9.60. The van der Waals surface area contributed by atoms with E-state index in [0.717, 1.165) is 0 Å². The standard InChI is InChI=1S/C9H13NO3/c11-6-8(10-13)9(12)7-4-2-1-3-5-7/h1-5,8-13H,6H2/t8-,9+/m1/s1. The summed E-state index contributed by atoms with van der Waals surface area (Å²) in [5.41, 5.74) is 2.51. The van der Waals surface area contributed by atoms with E-state index in [2.05, 4.69) is 0 Å². The van der Waals surface area contributed by atoms with Crippen molar-refractivity contribution in [2.75, 3.05) is 6.61 Å². The lowest BCUT2D eigenvalue weighted by Crippen LogP contribution is -2.35. The summed E-state index contributed by atoms with van der Waals surface area (Å²) in [5, 5.41) is 27.0. The van der Waals surface area contributed by atoms with E-state index in [0.29, 0.717) is 5.56 Å².